The van der Waals surface area contributed by atoms with Crippen LogP contribution in [0.4, 0.5) is 4.79 Å². The summed E-state index contributed by atoms with van der Waals surface area (Å²) < 4.78 is 5.60. The zero-order chi connectivity index (χ0) is 16.8. The Morgan fingerprint density at radius 2 is 2.30 bits per heavy atom. The van der Waals surface area contributed by atoms with Crippen molar-refractivity contribution in [2.45, 2.75) is 19.4 Å². The van der Waals surface area contributed by atoms with E-state index >= 15 is 0 Å². The fourth-order valence-corrected chi connectivity index (χ4v) is 2.61. The maximum atomic E-state index is 12.2. The van der Waals surface area contributed by atoms with Crippen molar-refractivity contribution in [1.29, 1.82) is 0 Å². The molecule has 2 rings (SSSR count). The van der Waals surface area contributed by atoms with Crippen molar-refractivity contribution in [3.63, 3.8) is 0 Å². The smallest absolute Gasteiger partial charge is 0.318 e. The zero-order valence-corrected chi connectivity index (χ0v) is 14.2. The lowest BCUT2D eigenvalue weighted by atomic mass is 10.2. The fourth-order valence-electron chi connectivity index (χ4n) is 2.43. The molecule has 0 aromatic heterocycles. The molecule has 1 aromatic carbocycles. The highest BCUT2D eigenvalue weighted by atomic mass is 35.5. The first-order valence-electron chi connectivity index (χ1n) is 7.70. The molecule has 0 saturated carbocycles. The number of likely N-dealkylation sites (N-methyl/N-ethyl adjacent to an activating group) is 2. The van der Waals surface area contributed by atoms with Crippen molar-refractivity contribution in [2.24, 2.45) is 0 Å². The normalized spacial score (nSPS) is 17.3. The van der Waals surface area contributed by atoms with Gasteiger partial charge in [-0.3, -0.25) is 4.79 Å². The quantitative estimate of drug-likeness (QED) is 0.862. The van der Waals surface area contributed by atoms with Crippen LogP contribution in [0.5, 0.6) is 5.75 Å². The predicted octanol–water partition coefficient (Wildman–Crippen LogP) is 1.98. The summed E-state index contributed by atoms with van der Waals surface area (Å²) in [5, 5.41) is 3.39. The third kappa shape index (κ3) is 4.76. The molecular weight excluding hydrogens is 318 g/mol. The van der Waals surface area contributed by atoms with Crippen molar-refractivity contribution in [2.75, 3.05) is 33.3 Å². The molecule has 0 spiro atoms. The first kappa shape index (κ1) is 17.4. The van der Waals surface area contributed by atoms with Crippen LogP contribution in [0.25, 0.3) is 0 Å². The standard InChI is InChI=1S/C16H22ClN3O3/c1-3-20(9-10-23-13-6-4-5-12(17)11-13)16(22)18-14-7-8-19(2)15(14)21/h4-6,11,14H,3,7-10H2,1-2H3,(H,18,22). The third-order valence-corrected chi connectivity index (χ3v) is 4.06. The highest BCUT2D eigenvalue weighted by molar-refractivity contribution is 6.30. The summed E-state index contributed by atoms with van der Waals surface area (Å²) in [5.41, 5.74) is 0. The second-order valence-electron chi connectivity index (χ2n) is 5.44. The maximum absolute atomic E-state index is 12.2. The maximum Gasteiger partial charge on any atom is 0.318 e. The minimum absolute atomic E-state index is 0.0374. The number of likely N-dealkylation sites (tertiary alicyclic amines) is 1. The van der Waals surface area contributed by atoms with Gasteiger partial charge in [-0.05, 0) is 31.5 Å². The van der Waals surface area contributed by atoms with Gasteiger partial charge in [0.15, 0.2) is 0 Å². The number of carbonyl (C=O) groups excluding carboxylic acids is 2. The van der Waals surface area contributed by atoms with E-state index in [0.29, 0.717) is 43.4 Å². The van der Waals surface area contributed by atoms with E-state index in [1.165, 1.54) is 0 Å². The van der Waals surface area contributed by atoms with Crippen LogP contribution in [0.1, 0.15) is 13.3 Å². The molecule has 1 saturated heterocycles. The van der Waals surface area contributed by atoms with Crippen LogP contribution in [0.2, 0.25) is 5.02 Å². The Bertz CT molecular complexity index is 567. The van der Waals surface area contributed by atoms with E-state index in [1.807, 2.05) is 19.1 Å². The number of ether oxygens (including phenoxy) is 1. The summed E-state index contributed by atoms with van der Waals surface area (Å²) in [6.45, 7) is 3.91. The Balaban J connectivity index is 1.80. The molecule has 1 fully saturated rings. The van der Waals surface area contributed by atoms with Gasteiger partial charge in [-0.25, -0.2) is 4.79 Å². The van der Waals surface area contributed by atoms with Crippen molar-refractivity contribution >= 4 is 23.5 Å². The highest BCUT2D eigenvalue weighted by Crippen LogP contribution is 2.17. The van der Waals surface area contributed by atoms with Crippen LogP contribution in [-0.4, -0.2) is 61.1 Å². The third-order valence-electron chi connectivity index (χ3n) is 3.82. The van der Waals surface area contributed by atoms with Crippen molar-refractivity contribution in [3.05, 3.63) is 29.3 Å². The van der Waals surface area contributed by atoms with E-state index in [0.717, 1.165) is 0 Å². The van der Waals surface area contributed by atoms with Gasteiger partial charge >= 0.3 is 6.03 Å². The molecule has 126 valence electrons. The van der Waals surface area contributed by atoms with Gasteiger partial charge in [-0.2, -0.15) is 0 Å². The van der Waals surface area contributed by atoms with Gasteiger partial charge in [0.1, 0.15) is 18.4 Å². The number of hydrogen-bond acceptors (Lipinski definition) is 3. The van der Waals surface area contributed by atoms with Crippen molar-refractivity contribution < 1.29 is 14.3 Å². The highest BCUT2D eigenvalue weighted by Gasteiger charge is 2.31. The van der Waals surface area contributed by atoms with E-state index in [4.69, 9.17) is 16.3 Å². The van der Waals surface area contributed by atoms with Gasteiger partial charge in [0, 0.05) is 25.2 Å². The van der Waals surface area contributed by atoms with E-state index < -0.39 is 6.04 Å². The van der Waals surface area contributed by atoms with E-state index in [9.17, 15) is 9.59 Å². The number of benzene rings is 1. The van der Waals surface area contributed by atoms with E-state index in [2.05, 4.69) is 5.32 Å². The number of hydrogen-bond donors (Lipinski definition) is 1. The number of carbonyl (C=O) groups is 2. The number of rotatable bonds is 6. The zero-order valence-electron chi connectivity index (χ0n) is 13.4. The molecule has 1 aliphatic heterocycles. The molecule has 1 atom stereocenters. The van der Waals surface area contributed by atoms with Crippen LogP contribution in [0.3, 0.4) is 0 Å². The topological polar surface area (TPSA) is 61.9 Å². The second kappa shape index (κ2) is 8.06. The molecule has 1 unspecified atom stereocenters. The Labute approximate surface area is 141 Å². The number of halogens is 1. The monoisotopic (exact) mass is 339 g/mol. The Kier molecular flexibility index (Phi) is 6.10. The lowest BCUT2D eigenvalue weighted by molar-refractivity contribution is -0.128. The average Bonchev–Trinajstić information content (AvgIpc) is 2.83. The summed E-state index contributed by atoms with van der Waals surface area (Å²) in [6, 6.07) is 6.46. The number of nitrogens with one attached hydrogen (secondary N) is 1. The molecule has 23 heavy (non-hydrogen) atoms. The van der Waals surface area contributed by atoms with Crippen molar-refractivity contribution in [1.82, 2.24) is 15.1 Å². The first-order valence-corrected chi connectivity index (χ1v) is 8.08. The molecule has 6 nitrogen and oxygen atoms in total. The fraction of sp³-hybridized carbons (Fsp3) is 0.500. The minimum atomic E-state index is -0.421. The molecule has 0 radical (unpaired) electrons. The summed E-state index contributed by atoms with van der Waals surface area (Å²) in [4.78, 5) is 27.3. The molecule has 0 aliphatic carbocycles. The second-order valence-corrected chi connectivity index (χ2v) is 5.87. The van der Waals surface area contributed by atoms with Crippen LogP contribution >= 0.6 is 11.6 Å². The lowest BCUT2D eigenvalue weighted by Gasteiger charge is -2.23. The molecule has 1 aliphatic rings. The van der Waals surface area contributed by atoms with Gasteiger partial charge < -0.3 is 19.9 Å². The van der Waals surface area contributed by atoms with Gasteiger partial charge in [-0.1, -0.05) is 17.7 Å². The summed E-state index contributed by atoms with van der Waals surface area (Å²) in [5.74, 6) is 0.631. The van der Waals surface area contributed by atoms with Crippen LogP contribution in [-0.2, 0) is 4.79 Å². The summed E-state index contributed by atoms with van der Waals surface area (Å²) >= 11 is 5.89. The molecule has 3 amide bonds. The molecule has 1 aromatic rings. The van der Waals surface area contributed by atoms with E-state index in [1.54, 1.807) is 29.0 Å². The summed E-state index contributed by atoms with van der Waals surface area (Å²) in [6.07, 6.45) is 0.650. The van der Waals surface area contributed by atoms with Crippen LogP contribution < -0.4 is 10.1 Å². The predicted molar refractivity (Wildman–Crippen MR) is 88.8 cm³/mol. The van der Waals surface area contributed by atoms with Crippen molar-refractivity contribution in [3.8, 4) is 5.75 Å². The molecule has 0 bridgehead atoms. The minimum Gasteiger partial charge on any atom is -0.492 e. The lowest BCUT2D eigenvalue weighted by Crippen LogP contribution is -2.48. The number of amides is 3. The average molecular weight is 340 g/mol. The molecule has 1 N–H and O–H groups in total. The van der Waals surface area contributed by atoms with Gasteiger partial charge in [0.25, 0.3) is 0 Å². The SMILES string of the molecule is CCN(CCOc1cccc(Cl)c1)C(=O)NC1CCN(C)C1=O. The number of nitrogens with zero attached hydrogens (tertiary/aromatic N) is 2. The molecule has 1 heterocycles. The first-order chi connectivity index (χ1) is 11.0. The van der Waals surface area contributed by atoms with Gasteiger partial charge in [0.2, 0.25) is 5.91 Å². The Morgan fingerprint density at radius 1 is 1.52 bits per heavy atom. The van der Waals surface area contributed by atoms with Gasteiger partial charge in [-0.15, -0.1) is 0 Å². The molecule has 7 heteroatoms. The molecular formula is C16H22ClN3O3. The van der Waals surface area contributed by atoms with Gasteiger partial charge in [0.05, 0.1) is 6.54 Å². The van der Waals surface area contributed by atoms with Crippen LogP contribution in [0, 0.1) is 0 Å². The van der Waals surface area contributed by atoms with E-state index in [-0.39, 0.29) is 11.9 Å². The largest absolute Gasteiger partial charge is 0.492 e. The number of urea groups is 1. The van der Waals surface area contributed by atoms with Crippen LogP contribution in [0.15, 0.2) is 24.3 Å². The Morgan fingerprint density at radius 3 is 2.91 bits per heavy atom. The Hall–Kier alpha value is -1.95. The summed E-state index contributed by atoms with van der Waals surface area (Å²) in [7, 11) is 1.74.